The number of nitrogens with one attached hydrogen (secondary N) is 1. The number of esters is 1. The van der Waals surface area contributed by atoms with Gasteiger partial charge in [0.1, 0.15) is 0 Å². The van der Waals surface area contributed by atoms with Crippen LogP contribution in [0.4, 0.5) is 0 Å². The standard InChI is InChI=1S/C14H22N2O3S/c1-3-19-14(18)7-4-8-15-10-13(17)16(2)11-12-6-5-9-20-12/h5-6,9,15H,3-4,7-8,10-11H2,1-2H3. The number of hydrogen-bond donors (Lipinski definition) is 1. The summed E-state index contributed by atoms with van der Waals surface area (Å²) in [5, 5.41) is 5.05. The Hall–Kier alpha value is -1.40. The van der Waals surface area contributed by atoms with E-state index in [0.717, 1.165) is 0 Å². The Morgan fingerprint density at radius 2 is 2.25 bits per heavy atom. The molecule has 5 nitrogen and oxygen atoms in total. The zero-order valence-electron chi connectivity index (χ0n) is 12.1. The van der Waals surface area contributed by atoms with Gasteiger partial charge in [0, 0.05) is 18.3 Å². The Balaban J connectivity index is 2.09. The fraction of sp³-hybridized carbons (Fsp3) is 0.571. The molecule has 0 atom stereocenters. The lowest BCUT2D eigenvalue weighted by Gasteiger charge is -2.16. The molecule has 0 aliphatic heterocycles. The summed E-state index contributed by atoms with van der Waals surface area (Å²) in [7, 11) is 1.79. The van der Waals surface area contributed by atoms with E-state index >= 15 is 0 Å². The fourth-order valence-electron chi connectivity index (χ4n) is 1.65. The van der Waals surface area contributed by atoms with Crippen LogP contribution in [-0.2, 0) is 20.9 Å². The van der Waals surface area contributed by atoms with Crippen molar-refractivity contribution in [2.45, 2.75) is 26.3 Å². The number of likely N-dealkylation sites (N-methyl/N-ethyl adjacent to an activating group) is 1. The molecule has 0 aliphatic carbocycles. The first kappa shape index (κ1) is 16.7. The normalized spacial score (nSPS) is 10.3. The highest BCUT2D eigenvalue weighted by molar-refractivity contribution is 7.09. The largest absolute Gasteiger partial charge is 0.466 e. The molecule has 20 heavy (non-hydrogen) atoms. The number of thiophene rings is 1. The van der Waals surface area contributed by atoms with Crippen molar-refractivity contribution < 1.29 is 14.3 Å². The van der Waals surface area contributed by atoms with Crippen LogP contribution >= 0.6 is 11.3 Å². The number of ether oxygens (including phenoxy) is 1. The second-order valence-corrected chi connectivity index (χ2v) is 5.45. The van der Waals surface area contributed by atoms with Crippen molar-refractivity contribution in [3.8, 4) is 0 Å². The van der Waals surface area contributed by atoms with Crippen LogP contribution in [0, 0.1) is 0 Å². The molecule has 0 saturated heterocycles. The minimum Gasteiger partial charge on any atom is -0.466 e. The zero-order chi connectivity index (χ0) is 14.8. The third-order valence-electron chi connectivity index (χ3n) is 2.71. The molecule has 0 unspecified atom stereocenters. The molecule has 6 heteroatoms. The van der Waals surface area contributed by atoms with Crippen LogP contribution in [-0.4, -0.2) is 43.5 Å². The molecular formula is C14H22N2O3S. The molecule has 112 valence electrons. The summed E-state index contributed by atoms with van der Waals surface area (Å²) in [6.07, 6.45) is 1.07. The molecule has 0 aromatic carbocycles. The number of hydrogen-bond acceptors (Lipinski definition) is 5. The highest BCUT2D eigenvalue weighted by atomic mass is 32.1. The first-order valence-electron chi connectivity index (χ1n) is 6.76. The Kier molecular flexibility index (Phi) is 7.91. The van der Waals surface area contributed by atoms with Crippen LogP contribution in [0.2, 0.25) is 0 Å². The molecule has 0 aliphatic rings. The monoisotopic (exact) mass is 298 g/mol. The van der Waals surface area contributed by atoms with E-state index < -0.39 is 0 Å². The molecule has 1 aromatic rings. The van der Waals surface area contributed by atoms with E-state index in [0.29, 0.717) is 39.1 Å². The van der Waals surface area contributed by atoms with Crippen molar-refractivity contribution in [1.29, 1.82) is 0 Å². The highest BCUT2D eigenvalue weighted by Gasteiger charge is 2.09. The lowest BCUT2D eigenvalue weighted by Crippen LogP contribution is -2.35. The van der Waals surface area contributed by atoms with Gasteiger partial charge >= 0.3 is 5.97 Å². The van der Waals surface area contributed by atoms with Crippen molar-refractivity contribution in [3.05, 3.63) is 22.4 Å². The lowest BCUT2D eigenvalue weighted by atomic mass is 10.3. The van der Waals surface area contributed by atoms with E-state index in [2.05, 4.69) is 5.32 Å². The average molecular weight is 298 g/mol. The Bertz CT molecular complexity index is 407. The van der Waals surface area contributed by atoms with Gasteiger partial charge < -0.3 is 15.0 Å². The van der Waals surface area contributed by atoms with E-state index in [9.17, 15) is 9.59 Å². The molecule has 0 spiro atoms. The van der Waals surface area contributed by atoms with Crippen LogP contribution in [0.3, 0.4) is 0 Å². The Labute approximate surface area is 123 Å². The van der Waals surface area contributed by atoms with Gasteiger partial charge in [-0.2, -0.15) is 0 Å². The second-order valence-electron chi connectivity index (χ2n) is 4.41. The summed E-state index contributed by atoms with van der Waals surface area (Å²) in [6.45, 7) is 3.78. The van der Waals surface area contributed by atoms with Crippen LogP contribution in [0.1, 0.15) is 24.6 Å². The summed E-state index contributed by atoms with van der Waals surface area (Å²) < 4.78 is 4.83. The summed E-state index contributed by atoms with van der Waals surface area (Å²) in [5.74, 6) is -0.134. The fourth-order valence-corrected chi connectivity index (χ4v) is 2.40. The van der Waals surface area contributed by atoms with Gasteiger partial charge in [-0.05, 0) is 31.3 Å². The summed E-state index contributed by atoms with van der Waals surface area (Å²) in [6, 6.07) is 3.99. The molecule has 1 amide bonds. The zero-order valence-corrected chi connectivity index (χ0v) is 12.9. The van der Waals surface area contributed by atoms with Crippen LogP contribution in [0.15, 0.2) is 17.5 Å². The van der Waals surface area contributed by atoms with Crippen molar-refractivity contribution in [2.24, 2.45) is 0 Å². The van der Waals surface area contributed by atoms with Crippen LogP contribution < -0.4 is 5.32 Å². The van der Waals surface area contributed by atoms with Gasteiger partial charge in [0.2, 0.25) is 5.91 Å². The summed E-state index contributed by atoms with van der Waals surface area (Å²) >= 11 is 1.64. The van der Waals surface area contributed by atoms with Gasteiger partial charge in [0.15, 0.2) is 0 Å². The van der Waals surface area contributed by atoms with Gasteiger partial charge in [0.25, 0.3) is 0 Å². The van der Waals surface area contributed by atoms with E-state index in [-0.39, 0.29) is 11.9 Å². The van der Waals surface area contributed by atoms with Crippen molar-refractivity contribution in [3.63, 3.8) is 0 Å². The van der Waals surface area contributed by atoms with Gasteiger partial charge in [-0.1, -0.05) is 6.07 Å². The van der Waals surface area contributed by atoms with Gasteiger partial charge in [0.05, 0.1) is 19.7 Å². The van der Waals surface area contributed by atoms with E-state index in [1.165, 1.54) is 4.88 Å². The first-order chi connectivity index (χ1) is 9.63. The van der Waals surface area contributed by atoms with Crippen molar-refractivity contribution >= 4 is 23.2 Å². The number of rotatable bonds is 9. The number of carbonyl (C=O) groups excluding carboxylic acids is 2. The summed E-state index contributed by atoms with van der Waals surface area (Å²) in [5.41, 5.74) is 0. The average Bonchev–Trinajstić information content (AvgIpc) is 2.91. The predicted molar refractivity (Wildman–Crippen MR) is 79.5 cm³/mol. The molecule has 0 radical (unpaired) electrons. The maximum Gasteiger partial charge on any atom is 0.305 e. The molecule has 1 aromatic heterocycles. The maximum absolute atomic E-state index is 11.8. The minimum absolute atomic E-state index is 0.0505. The number of nitrogens with zero attached hydrogens (tertiary/aromatic N) is 1. The third kappa shape index (κ3) is 6.68. The van der Waals surface area contributed by atoms with E-state index in [4.69, 9.17) is 4.74 Å². The van der Waals surface area contributed by atoms with Gasteiger partial charge in [-0.3, -0.25) is 9.59 Å². The van der Waals surface area contributed by atoms with Crippen LogP contribution in [0.25, 0.3) is 0 Å². The Morgan fingerprint density at radius 1 is 1.45 bits per heavy atom. The molecular weight excluding hydrogens is 276 g/mol. The van der Waals surface area contributed by atoms with Gasteiger partial charge in [-0.15, -0.1) is 11.3 Å². The van der Waals surface area contributed by atoms with E-state index in [1.54, 1.807) is 30.2 Å². The molecule has 1 N–H and O–H groups in total. The van der Waals surface area contributed by atoms with Gasteiger partial charge in [-0.25, -0.2) is 0 Å². The number of amides is 1. The highest BCUT2D eigenvalue weighted by Crippen LogP contribution is 2.10. The van der Waals surface area contributed by atoms with E-state index in [1.807, 2.05) is 17.5 Å². The molecule has 0 saturated carbocycles. The quantitative estimate of drug-likeness (QED) is 0.556. The SMILES string of the molecule is CCOC(=O)CCCNCC(=O)N(C)Cc1cccs1. The minimum atomic E-state index is -0.185. The summed E-state index contributed by atoms with van der Waals surface area (Å²) in [4.78, 5) is 25.8. The third-order valence-corrected chi connectivity index (χ3v) is 3.58. The molecule has 0 fully saturated rings. The molecule has 1 heterocycles. The van der Waals surface area contributed by atoms with Crippen molar-refractivity contribution in [2.75, 3.05) is 26.7 Å². The number of carbonyl (C=O) groups is 2. The molecule has 1 rings (SSSR count). The van der Waals surface area contributed by atoms with Crippen molar-refractivity contribution in [1.82, 2.24) is 10.2 Å². The smallest absolute Gasteiger partial charge is 0.305 e. The predicted octanol–water partition coefficient (Wildman–Crippen LogP) is 1.64. The topological polar surface area (TPSA) is 58.6 Å². The second kappa shape index (κ2) is 9.50. The maximum atomic E-state index is 11.8. The van der Waals surface area contributed by atoms with Crippen LogP contribution in [0.5, 0.6) is 0 Å². The lowest BCUT2D eigenvalue weighted by molar-refractivity contribution is -0.143. The molecule has 0 bridgehead atoms. The Morgan fingerprint density at radius 3 is 2.90 bits per heavy atom. The first-order valence-corrected chi connectivity index (χ1v) is 7.64.